The number of hydrogen-bond acceptors (Lipinski definition) is 5. The largest absolute Gasteiger partial charge is 0.472 e. The van der Waals surface area contributed by atoms with Gasteiger partial charge in [0.25, 0.3) is 5.91 Å². The summed E-state index contributed by atoms with van der Waals surface area (Å²) in [5, 5.41) is 7.22. The number of hydrogen-bond donors (Lipinski definition) is 1. The zero-order chi connectivity index (χ0) is 18.5. The van der Waals surface area contributed by atoms with Crippen LogP contribution in [0.3, 0.4) is 0 Å². The molecule has 0 saturated carbocycles. The lowest BCUT2D eigenvalue weighted by Crippen LogP contribution is -2.25. The molecule has 27 heavy (non-hydrogen) atoms. The standard InChI is InChI=1S/C20H24N4O2S/c25-20(21-14-16-7-13-26-15-16)19-6-5-18(27-19)17-4-1-9-23(17)10-3-12-24-11-2-8-22-24/h2,5-8,11,13,15,17H,1,3-4,9-10,12,14H2,(H,21,25)/t17-/m1/s1. The van der Waals surface area contributed by atoms with E-state index in [2.05, 4.69) is 21.4 Å². The summed E-state index contributed by atoms with van der Waals surface area (Å²) in [5.74, 6) is -0.0179. The normalized spacial score (nSPS) is 17.4. The lowest BCUT2D eigenvalue weighted by molar-refractivity contribution is 0.0955. The van der Waals surface area contributed by atoms with Crippen molar-refractivity contribution in [1.82, 2.24) is 20.0 Å². The van der Waals surface area contributed by atoms with Gasteiger partial charge in [-0.25, -0.2) is 0 Å². The van der Waals surface area contributed by atoms with Gasteiger partial charge in [0.1, 0.15) is 0 Å². The zero-order valence-corrected chi connectivity index (χ0v) is 16.0. The van der Waals surface area contributed by atoms with Crippen LogP contribution in [0.15, 0.2) is 53.6 Å². The summed E-state index contributed by atoms with van der Waals surface area (Å²) in [7, 11) is 0. The molecule has 0 aliphatic carbocycles. The number of aryl methyl sites for hydroxylation is 1. The van der Waals surface area contributed by atoms with E-state index in [1.54, 1.807) is 23.9 Å². The van der Waals surface area contributed by atoms with Crippen LogP contribution in [-0.4, -0.2) is 33.7 Å². The van der Waals surface area contributed by atoms with Gasteiger partial charge in [0.2, 0.25) is 0 Å². The van der Waals surface area contributed by atoms with Crippen LogP contribution < -0.4 is 5.32 Å². The summed E-state index contributed by atoms with van der Waals surface area (Å²) in [4.78, 5) is 17.0. The van der Waals surface area contributed by atoms with Gasteiger partial charge < -0.3 is 9.73 Å². The number of amides is 1. The maximum absolute atomic E-state index is 12.4. The molecule has 3 aromatic rings. The van der Waals surface area contributed by atoms with E-state index in [0.29, 0.717) is 12.6 Å². The maximum Gasteiger partial charge on any atom is 0.261 e. The molecular formula is C20H24N4O2S. The number of carbonyl (C=O) groups excluding carboxylic acids is 1. The average Bonchev–Trinajstić information content (AvgIpc) is 3.48. The third-order valence-corrected chi connectivity index (χ3v) is 6.15. The van der Waals surface area contributed by atoms with Gasteiger partial charge in [0, 0.05) is 48.5 Å². The van der Waals surface area contributed by atoms with Gasteiger partial charge in [-0.3, -0.25) is 14.4 Å². The quantitative estimate of drug-likeness (QED) is 0.643. The molecule has 0 unspecified atom stereocenters. The number of nitrogens with zero attached hydrogens (tertiary/aromatic N) is 3. The molecule has 0 radical (unpaired) electrons. The third kappa shape index (κ3) is 4.48. The van der Waals surface area contributed by atoms with Crippen molar-refractivity contribution in [3.8, 4) is 0 Å². The predicted molar refractivity (Wildman–Crippen MR) is 105 cm³/mol. The van der Waals surface area contributed by atoms with Gasteiger partial charge in [-0.2, -0.15) is 5.10 Å². The Morgan fingerprint density at radius 1 is 1.33 bits per heavy atom. The minimum Gasteiger partial charge on any atom is -0.472 e. The van der Waals surface area contributed by atoms with Crippen LogP contribution in [0.1, 0.15) is 45.4 Å². The monoisotopic (exact) mass is 384 g/mol. The molecule has 6 nitrogen and oxygen atoms in total. The number of thiophene rings is 1. The molecule has 3 aromatic heterocycles. The molecule has 1 atom stereocenters. The van der Waals surface area contributed by atoms with Gasteiger partial charge in [-0.1, -0.05) is 0 Å². The van der Waals surface area contributed by atoms with E-state index in [1.165, 1.54) is 17.7 Å². The van der Waals surface area contributed by atoms with Gasteiger partial charge in [-0.05, 0) is 50.1 Å². The number of aromatic nitrogens is 2. The van der Waals surface area contributed by atoms with E-state index >= 15 is 0 Å². The maximum atomic E-state index is 12.4. The molecule has 1 amide bonds. The Kier molecular flexibility index (Phi) is 5.69. The molecule has 1 aliphatic rings. The smallest absolute Gasteiger partial charge is 0.261 e. The van der Waals surface area contributed by atoms with Crippen LogP contribution in [0, 0.1) is 0 Å². The Bertz CT molecular complexity index is 841. The fourth-order valence-corrected chi connectivity index (χ4v) is 4.70. The summed E-state index contributed by atoms with van der Waals surface area (Å²) in [6.07, 6.45) is 10.6. The molecule has 1 fully saturated rings. The number of nitrogens with one attached hydrogen (secondary N) is 1. The van der Waals surface area contributed by atoms with Crippen molar-refractivity contribution in [2.45, 2.75) is 38.4 Å². The zero-order valence-electron chi connectivity index (χ0n) is 15.2. The molecule has 1 saturated heterocycles. The molecule has 4 rings (SSSR count). The highest BCUT2D eigenvalue weighted by Gasteiger charge is 2.27. The van der Waals surface area contributed by atoms with Crippen molar-refractivity contribution < 1.29 is 9.21 Å². The van der Waals surface area contributed by atoms with Crippen LogP contribution in [0.4, 0.5) is 0 Å². The predicted octanol–water partition coefficient (Wildman–Crippen LogP) is 3.69. The summed E-state index contributed by atoms with van der Waals surface area (Å²) in [6, 6.07) is 8.32. The van der Waals surface area contributed by atoms with Crippen LogP contribution in [0.2, 0.25) is 0 Å². The summed E-state index contributed by atoms with van der Waals surface area (Å²) in [6.45, 7) is 3.63. The highest BCUT2D eigenvalue weighted by Crippen LogP contribution is 2.36. The third-order valence-electron chi connectivity index (χ3n) is 4.97. The van der Waals surface area contributed by atoms with E-state index in [9.17, 15) is 4.79 Å². The molecule has 4 heterocycles. The molecule has 0 aromatic carbocycles. The minimum absolute atomic E-state index is 0.0179. The second kappa shape index (κ2) is 8.54. The van der Waals surface area contributed by atoms with E-state index in [4.69, 9.17) is 4.42 Å². The first-order chi connectivity index (χ1) is 13.3. The van der Waals surface area contributed by atoms with Crippen LogP contribution in [0.25, 0.3) is 0 Å². The molecule has 7 heteroatoms. The minimum atomic E-state index is -0.0179. The summed E-state index contributed by atoms with van der Waals surface area (Å²) in [5.41, 5.74) is 0.972. The topological polar surface area (TPSA) is 63.3 Å². The molecule has 0 spiro atoms. The van der Waals surface area contributed by atoms with E-state index in [-0.39, 0.29) is 5.91 Å². The van der Waals surface area contributed by atoms with Gasteiger partial charge in [-0.15, -0.1) is 11.3 Å². The van der Waals surface area contributed by atoms with Crippen molar-refractivity contribution >= 4 is 17.2 Å². The Labute approximate surface area is 162 Å². The van der Waals surface area contributed by atoms with Gasteiger partial charge >= 0.3 is 0 Å². The van der Waals surface area contributed by atoms with Crippen molar-refractivity contribution in [3.63, 3.8) is 0 Å². The van der Waals surface area contributed by atoms with E-state index < -0.39 is 0 Å². The average molecular weight is 385 g/mol. The Balaban J connectivity index is 1.31. The fourth-order valence-electron chi connectivity index (χ4n) is 3.60. The van der Waals surface area contributed by atoms with E-state index in [1.807, 2.05) is 35.3 Å². The van der Waals surface area contributed by atoms with Crippen LogP contribution >= 0.6 is 11.3 Å². The molecule has 0 bridgehead atoms. The van der Waals surface area contributed by atoms with Crippen molar-refractivity contribution in [3.05, 3.63) is 64.5 Å². The summed E-state index contributed by atoms with van der Waals surface area (Å²) >= 11 is 1.62. The second-order valence-corrected chi connectivity index (χ2v) is 7.95. The van der Waals surface area contributed by atoms with Crippen LogP contribution in [0.5, 0.6) is 0 Å². The molecule has 1 N–H and O–H groups in total. The van der Waals surface area contributed by atoms with Gasteiger partial charge in [0.05, 0.1) is 17.4 Å². The molecular weight excluding hydrogens is 360 g/mol. The first kappa shape index (κ1) is 18.0. The summed E-state index contributed by atoms with van der Waals surface area (Å²) < 4.78 is 7.02. The van der Waals surface area contributed by atoms with E-state index in [0.717, 1.165) is 36.5 Å². The Morgan fingerprint density at radius 2 is 2.30 bits per heavy atom. The molecule has 142 valence electrons. The number of likely N-dealkylation sites (tertiary alicyclic amines) is 1. The first-order valence-corrected chi connectivity index (χ1v) is 10.2. The van der Waals surface area contributed by atoms with Crippen LogP contribution in [-0.2, 0) is 13.1 Å². The molecule has 1 aliphatic heterocycles. The number of carbonyl (C=O) groups is 1. The first-order valence-electron chi connectivity index (χ1n) is 9.40. The second-order valence-electron chi connectivity index (χ2n) is 6.83. The lowest BCUT2D eigenvalue weighted by Gasteiger charge is -2.23. The Morgan fingerprint density at radius 3 is 3.11 bits per heavy atom. The number of rotatable bonds is 8. The number of furan rings is 1. The highest BCUT2D eigenvalue weighted by atomic mass is 32.1. The SMILES string of the molecule is O=C(NCc1ccoc1)c1ccc([C@H]2CCCN2CCCn2cccn2)s1. The fraction of sp³-hybridized carbons (Fsp3) is 0.400. The lowest BCUT2D eigenvalue weighted by atomic mass is 10.2. The van der Waals surface area contributed by atoms with Crippen molar-refractivity contribution in [2.24, 2.45) is 0 Å². The Hall–Kier alpha value is -2.38. The van der Waals surface area contributed by atoms with Crippen molar-refractivity contribution in [1.29, 1.82) is 0 Å². The van der Waals surface area contributed by atoms with Gasteiger partial charge in [0.15, 0.2) is 0 Å². The van der Waals surface area contributed by atoms with Crippen molar-refractivity contribution in [2.75, 3.05) is 13.1 Å². The highest BCUT2D eigenvalue weighted by molar-refractivity contribution is 7.14.